The van der Waals surface area contributed by atoms with Crippen molar-refractivity contribution in [2.75, 3.05) is 13.1 Å². The molecule has 0 aromatic carbocycles. The molecule has 0 aliphatic rings. The maximum Gasteiger partial charge on any atom is 0.337 e. The summed E-state index contributed by atoms with van der Waals surface area (Å²) in [6.45, 7) is 1.88. The number of aliphatic hydroxyl groups is 1. The summed E-state index contributed by atoms with van der Waals surface area (Å²) in [5, 5.41) is 26.9. The summed E-state index contributed by atoms with van der Waals surface area (Å²) < 4.78 is 1.74. The van der Waals surface area contributed by atoms with E-state index >= 15 is 0 Å². The minimum Gasteiger partial charge on any atom is -0.479 e. The van der Waals surface area contributed by atoms with Gasteiger partial charge in [0, 0.05) is 25.5 Å². The van der Waals surface area contributed by atoms with Gasteiger partial charge in [0.05, 0.1) is 6.54 Å². The van der Waals surface area contributed by atoms with E-state index in [1.807, 2.05) is 12.3 Å². The lowest BCUT2D eigenvalue weighted by Gasteiger charge is -2.18. The van der Waals surface area contributed by atoms with Crippen LogP contribution in [0.5, 0.6) is 0 Å². The molecule has 1 rings (SSSR count). The summed E-state index contributed by atoms with van der Waals surface area (Å²) in [5.41, 5.74) is -1.97. The van der Waals surface area contributed by atoms with Gasteiger partial charge in [0.25, 0.3) is 0 Å². The molecule has 0 spiro atoms. The average Bonchev–Trinajstić information content (AvgIpc) is 2.85. The SMILES string of the molecule is CC(O)(CNC(=O)NCCCn1cccn1)C(=O)O. The molecule has 0 saturated carbocycles. The first-order chi connectivity index (χ1) is 8.92. The van der Waals surface area contributed by atoms with Gasteiger partial charge >= 0.3 is 12.0 Å². The zero-order valence-electron chi connectivity index (χ0n) is 10.7. The van der Waals surface area contributed by atoms with Crippen molar-refractivity contribution in [2.45, 2.75) is 25.5 Å². The van der Waals surface area contributed by atoms with Crippen LogP contribution in [0.1, 0.15) is 13.3 Å². The molecule has 0 bridgehead atoms. The van der Waals surface area contributed by atoms with Crippen molar-refractivity contribution in [1.29, 1.82) is 0 Å². The summed E-state index contributed by atoms with van der Waals surface area (Å²) in [6.07, 6.45) is 4.20. The van der Waals surface area contributed by atoms with E-state index in [-0.39, 0.29) is 6.54 Å². The Morgan fingerprint density at radius 1 is 1.42 bits per heavy atom. The number of hydrogen-bond acceptors (Lipinski definition) is 4. The topological polar surface area (TPSA) is 116 Å². The predicted molar refractivity (Wildman–Crippen MR) is 66.5 cm³/mol. The third kappa shape index (κ3) is 5.38. The first-order valence-electron chi connectivity index (χ1n) is 5.87. The Labute approximate surface area is 110 Å². The monoisotopic (exact) mass is 270 g/mol. The Morgan fingerprint density at radius 2 is 2.16 bits per heavy atom. The molecule has 2 amide bonds. The van der Waals surface area contributed by atoms with Crippen LogP contribution in [0.15, 0.2) is 18.5 Å². The zero-order chi connectivity index (χ0) is 14.3. The number of aromatic nitrogens is 2. The number of aliphatic carboxylic acids is 1. The van der Waals surface area contributed by atoms with Gasteiger partial charge in [-0.3, -0.25) is 4.68 Å². The molecule has 8 nitrogen and oxygen atoms in total. The van der Waals surface area contributed by atoms with Gasteiger partial charge in [0.15, 0.2) is 5.60 Å². The first-order valence-corrected chi connectivity index (χ1v) is 5.87. The lowest BCUT2D eigenvalue weighted by Crippen LogP contribution is -2.49. The van der Waals surface area contributed by atoms with E-state index in [9.17, 15) is 14.7 Å². The van der Waals surface area contributed by atoms with Crippen molar-refractivity contribution in [1.82, 2.24) is 20.4 Å². The maximum atomic E-state index is 11.3. The van der Waals surface area contributed by atoms with E-state index < -0.39 is 17.6 Å². The summed E-state index contributed by atoms with van der Waals surface area (Å²) in [4.78, 5) is 21.9. The fourth-order valence-corrected chi connectivity index (χ4v) is 1.27. The van der Waals surface area contributed by atoms with E-state index in [0.29, 0.717) is 19.5 Å². The number of nitrogens with one attached hydrogen (secondary N) is 2. The van der Waals surface area contributed by atoms with Crippen LogP contribution in [0.3, 0.4) is 0 Å². The Kier molecular flexibility index (Phi) is 5.31. The minimum atomic E-state index is -1.97. The Morgan fingerprint density at radius 3 is 2.74 bits per heavy atom. The van der Waals surface area contributed by atoms with Crippen molar-refractivity contribution in [3.8, 4) is 0 Å². The second-order valence-electron chi connectivity index (χ2n) is 4.31. The molecule has 0 aliphatic heterocycles. The molecule has 4 N–H and O–H groups in total. The Bertz CT molecular complexity index is 416. The predicted octanol–water partition coefficient (Wildman–Crippen LogP) is -0.592. The summed E-state index contributed by atoms with van der Waals surface area (Å²) in [7, 11) is 0. The highest BCUT2D eigenvalue weighted by molar-refractivity contribution is 5.79. The highest BCUT2D eigenvalue weighted by atomic mass is 16.4. The number of nitrogens with zero attached hydrogens (tertiary/aromatic N) is 2. The van der Waals surface area contributed by atoms with Crippen LogP contribution in [0.2, 0.25) is 0 Å². The van der Waals surface area contributed by atoms with Crippen LogP contribution < -0.4 is 10.6 Å². The highest BCUT2D eigenvalue weighted by Gasteiger charge is 2.30. The summed E-state index contributed by atoms with van der Waals surface area (Å²) in [6, 6.07) is 1.30. The van der Waals surface area contributed by atoms with Gasteiger partial charge in [-0.25, -0.2) is 9.59 Å². The molecule has 1 unspecified atom stereocenters. The number of hydrogen-bond donors (Lipinski definition) is 4. The lowest BCUT2D eigenvalue weighted by atomic mass is 10.1. The quantitative estimate of drug-likeness (QED) is 0.494. The molecule has 0 saturated heterocycles. The van der Waals surface area contributed by atoms with Gasteiger partial charge < -0.3 is 20.8 Å². The van der Waals surface area contributed by atoms with Gasteiger partial charge in [0.1, 0.15) is 0 Å². The second-order valence-corrected chi connectivity index (χ2v) is 4.31. The van der Waals surface area contributed by atoms with Gasteiger partial charge in [0.2, 0.25) is 0 Å². The molecule has 0 fully saturated rings. The standard InChI is InChI=1S/C11H18N4O4/c1-11(19,9(16)17)8-13-10(18)12-4-2-6-15-7-3-5-14-15/h3,5,7,19H,2,4,6,8H2,1H3,(H,16,17)(H2,12,13,18). The fourth-order valence-electron chi connectivity index (χ4n) is 1.27. The molecule has 1 aromatic heterocycles. The molecule has 1 atom stereocenters. The highest BCUT2D eigenvalue weighted by Crippen LogP contribution is 2.00. The first kappa shape index (κ1) is 15.0. The number of amides is 2. The Balaban J connectivity index is 2.13. The average molecular weight is 270 g/mol. The molecule has 0 radical (unpaired) electrons. The summed E-state index contributed by atoms with van der Waals surface area (Å²) in [5.74, 6) is -1.38. The van der Waals surface area contributed by atoms with E-state index in [1.54, 1.807) is 10.9 Å². The smallest absolute Gasteiger partial charge is 0.337 e. The fraction of sp³-hybridized carbons (Fsp3) is 0.545. The van der Waals surface area contributed by atoms with Crippen LogP contribution >= 0.6 is 0 Å². The third-order valence-corrected chi connectivity index (χ3v) is 2.46. The number of carbonyl (C=O) groups excluding carboxylic acids is 1. The molecular weight excluding hydrogens is 252 g/mol. The van der Waals surface area contributed by atoms with Gasteiger partial charge in [-0.1, -0.05) is 0 Å². The van der Waals surface area contributed by atoms with E-state index in [0.717, 1.165) is 6.92 Å². The van der Waals surface area contributed by atoms with Crippen molar-refractivity contribution in [2.24, 2.45) is 0 Å². The number of carbonyl (C=O) groups is 2. The molecular formula is C11H18N4O4. The third-order valence-electron chi connectivity index (χ3n) is 2.46. The number of rotatable bonds is 7. The van der Waals surface area contributed by atoms with E-state index in [4.69, 9.17) is 5.11 Å². The van der Waals surface area contributed by atoms with Gasteiger partial charge in [-0.05, 0) is 19.4 Å². The van der Waals surface area contributed by atoms with Crippen LogP contribution in [0.4, 0.5) is 4.79 Å². The maximum absolute atomic E-state index is 11.3. The van der Waals surface area contributed by atoms with Crippen LogP contribution in [0, 0.1) is 0 Å². The van der Waals surface area contributed by atoms with Crippen LogP contribution in [-0.4, -0.2) is 50.7 Å². The molecule has 0 aliphatic carbocycles. The lowest BCUT2D eigenvalue weighted by molar-refractivity contribution is -0.155. The van der Waals surface area contributed by atoms with Crippen molar-refractivity contribution in [3.63, 3.8) is 0 Å². The number of urea groups is 1. The van der Waals surface area contributed by atoms with Gasteiger partial charge in [-0.2, -0.15) is 5.10 Å². The van der Waals surface area contributed by atoms with Crippen LogP contribution in [-0.2, 0) is 11.3 Å². The zero-order valence-corrected chi connectivity index (χ0v) is 10.7. The molecule has 1 heterocycles. The Hall–Kier alpha value is -2.09. The van der Waals surface area contributed by atoms with E-state index in [1.165, 1.54) is 0 Å². The van der Waals surface area contributed by atoms with E-state index in [2.05, 4.69) is 15.7 Å². The van der Waals surface area contributed by atoms with Crippen molar-refractivity contribution >= 4 is 12.0 Å². The van der Waals surface area contributed by atoms with Crippen molar-refractivity contribution in [3.05, 3.63) is 18.5 Å². The molecule has 106 valence electrons. The number of carboxylic acid groups (broad SMARTS) is 1. The minimum absolute atomic E-state index is 0.354. The summed E-state index contributed by atoms with van der Waals surface area (Å²) >= 11 is 0. The number of carboxylic acids is 1. The number of aryl methyl sites for hydroxylation is 1. The normalized spacial score (nSPS) is 13.6. The van der Waals surface area contributed by atoms with Gasteiger partial charge in [-0.15, -0.1) is 0 Å². The molecule has 1 aromatic rings. The second kappa shape index (κ2) is 6.74. The molecule has 19 heavy (non-hydrogen) atoms. The van der Waals surface area contributed by atoms with Crippen molar-refractivity contribution < 1.29 is 19.8 Å². The largest absolute Gasteiger partial charge is 0.479 e. The molecule has 8 heteroatoms. The van der Waals surface area contributed by atoms with Crippen LogP contribution in [0.25, 0.3) is 0 Å².